The summed E-state index contributed by atoms with van der Waals surface area (Å²) in [4.78, 5) is 24.4. The Morgan fingerprint density at radius 2 is 1.92 bits per heavy atom. The van der Waals surface area contributed by atoms with Crippen molar-refractivity contribution in [3.8, 4) is 0 Å². The molecule has 2 aromatic rings. The second kappa shape index (κ2) is 6.15. The zero-order valence-corrected chi connectivity index (χ0v) is 14.6. The summed E-state index contributed by atoms with van der Waals surface area (Å²) in [5.74, 6) is -0.763. The maximum absolute atomic E-state index is 14.2. The Balaban J connectivity index is 2.52. The second-order valence-electron chi connectivity index (χ2n) is 5.70. The molecule has 7 nitrogen and oxygen atoms in total. The molecule has 0 spiro atoms. The van der Waals surface area contributed by atoms with Crippen LogP contribution in [0.1, 0.15) is 19.4 Å². The maximum atomic E-state index is 14.2. The van der Waals surface area contributed by atoms with Gasteiger partial charge in [0.15, 0.2) is 4.90 Å². The molecule has 1 aromatic heterocycles. The fourth-order valence-corrected chi connectivity index (χ4v) is 3.82. The summed E-state index contributed by atoms with van der Waals surface area (Å²) in [6.45, 7) is 2.85. The van der Waals surface area contributed by atoms with Crippen LogP contribution in [-0.4, -0.2) is 18.0 Å². The summed E-state index contributed by atoms with van der Waals surface area (Å²) in [7, 11) is -3.04. The van der Waals surface area contributed by atoms with Gasteiger partial charge in [-0.3, -0.25) is 9.78 Å². The summed E-state index contributed by atoms with van der Waals surface area (Å²) < 4.78 is 42.4. The number of nitrogens with one attached hydrogen (secondary N) is 2. The molecule has 24 heavy (non-hydrogen) atoms. The smallest absolute Gasteiger partial charge is 0.302 e. The lowest BCUT2D eigenvalue weighted by Crippen LogP contribution is -2.44. The molecule has 0 saturated heterocycles. The summed E-state index contributed by atoms with van der Waals surface area (Å²) >= 11 is 5.73. The minimum absolute atomic E-state index is 0.0137. The van der Waals surface area contributed by atoms with E-state index < -0.39 is 37.5 Å². The highest BCUT2D eigenvalue weighted by Crippen LogP contribution is 2.28. The lowest BCUT2D eigenvalue weighted by molar-refractivity contribution is 0.446. The van der Waals surface area contributed by atoms with Gasteiger partial charge in [-0.15, -0.1) is 0 Å². The quantitative estimate of drug-likeness (QED) is 0.834. The number of halogens is 2. The second-order valence-corrected chi connectivity index (χ2v) is 7.75. The first kappa shape index (κ1) is 18.4. The van der Waals surface area contributed by atoms with Crippen molar-refractivity contribution < 1.29 is 12.8 Å². The van der Waals surface area contributed by atoms with Gasteiger partial charge in [-0.05, 0) is 19.9 Å². The highest BCUT2D eigenvalue weighted by atomic mass is 35.5. The summed E-state index contributed by atoms with van der Waals surface area (Å²) in [5.41, 5.74) is -3.19. The average molecular weight is 376 g/mol. The first-order chi connectivity index (χ1) is 11.0. The number of nitrogens with zero attached hydrogens (tertiary/aromatic N) is 1. The Morgan fingerprint density at radius 3 is 2.54 bits per heavy atom. The minimum Gasteiger partial charge on any atom is -0.302 e. The Hall–Kier alpha value is -1.97. The topological polar surface area (TPSA) is 101 Å². The predicted molar refractivity (Wildman–Crippen MR) is 87.1 cm³/mol. The molecule has 0 aliphatic carbocycles. The van der Waals surface area contributed by atoms with Crippen LogP contribution in [0.2, 0.25) is 5.02 Å². The van der Waals surface area contributed by atoms with E-state index in [2.05, 4.69) is 4.72 Å². The van der Waals surface area contributed by atoms with E-state index in [1.807, 2.05) is 4.98 Å². The first-order valence-corrected chi connectivity index (χ1v) is 8.60. The molecule has 130 valence electrons. The van der Waals surface area contributed by atoms with Crippen LogP contribution in [0.4, 0.5) is 4.39 Å². The van der Waals surface area contributed by atoms with Gasteiger partial charge in [0, 0.05) is 18.8 Å². The highest BCUT2D eigenvalue weighted by molar-refractivity contribution is 7.89. The maximum Gasteiger partial charge on any atom is 0.328 e. The molecular weight excluding hydrogens is 361 g/mol. The highest BCUT2D eigenvalue weighted by Gasteiger charge is 2.32. The zero-order chi connectivity index (χ0) is 18.3. The van der Waals surface area contributed by atoms with Gasteiger partial charge in [0.1, 0.15) is 5.82 Å². The number of rotatable bonds is 4. The van der Waals surface area contributed by atoms with Crippen LogP contribution in [-0.2, 0) is 22.6 Å². The van der Waals surface area contributed by atoms with E-state index in [9.17, 15) is 22.4 Å². The third-order valence-corrected chi connectivity index (χ3v) is 5.32. The van der Waals surface area contributed by atoms with Crippen molar-refractivity contribution in [2.24, 2.45) is 7.05 Å². The monoisotopic (exact) mass is 375 g/mol. The lowest BCUT2D eigenvalue weighted by Gasteiger charge is -2.27. The molecular formula is C14H15ClFN3O4S. The largest absolute Gasteiger partial charge is 0.328 e. The van der Waals surface area contributed by atoms with Crippen molar-refractivity contribution in [1.82, 2.24) is 14.3 Å². The average Bonchev–Trinajstić information content (AvgIpc) is 2.44. The van der Waals surface area contributed by atoms with Gasteiger partial charge in [-0.2, -0.15) is 0 Å². The number of aromatic amines is 1. The van der Waals surface area contributed by atoms with E-state index in [4.69, 9.17) is 11.6 Å². The normalized spacial score (nSPS) is 12.4. The van der Waals surface area contributed by atoms with E-state index in [1.54, 1.807) is 0 Å². The summed E-state index contributed by atoms with van der Waals surface area (Å²) in [6.07, 6.45) is 0.897. The van der Waals surface area contributed by atoms with E-state index in [0.717, 1.165) is 10.8 Å². The van der Waals surface area contributed by atoms with Crippen molar-refractivity contribution in [3.63, 3.8) is 0 Å². The zero-order valence-electron chi connectivity index (χ0n) is 13.1. The number of benzene rings is 1. The van der Waals surface area contributed by atoms with Gasteiger partial charge in [-0.25, -0.2) is 22.3 Å². The van der Waals surface area contributed by atoms with Crippen molar-refractivity contribution in [2.45, 2.75) is 24.3 Å². The van der Waals surface area contributed by atoms with Gasteiger partial charge in [0.05, 0.1) is 10.6 Å². The fourth-order valence-electron chi connectivity index (χ4n) is 2.16. The predicted octanol–water partition coefficient (Wildman–Crippen LogP) is 1.08. The molecule has 2 N–H and O–H groups in total. The summed E-state index contributed by atoms with van der Waals surface area (Å²) in [5, 5.41) is -0.153. The van der Waals surface area contributed by atoms with E-state index in [1.165, 1.54) is 39.1 Å². The molecule has 0 amide bonds. The Labute approximate surface area is 142 Å². The Morgan fingerprint density at radius 1 is 1.29 bits per heavy atom. The molecule has 0 unspecified atom stereocenters. The number of aromatic nitrogens is 2. The molecule has 0 aliphatic heterocycles. The van der Waals surface area contributed by atoms with E-state index in [-0.39, 0.29) is 10.6 Å². The van der Waals surface area contributed by atoms with Crippen LogP contribution in [0.25, 0.3) is 0 Å². The molecule has 1 heterocycles. The SMILES string of the molecule is Cn1cc(S(=O)(=O)NC(C)(C)c2cccc(Cl)c2F)c(=O)[nH]c1=O. The van der Waals surface area contributed by atoms with Crippen molar-refractivity contribution in [1.29, 1.82) is 0 Å². The fraction of sp³-hybridized carbons (Fsp3) is 0.286. The summed E-state index contributed by atoms with van der Waals surface area (Å²) in [6, 6.07) is 4.20. The third kappa shape index (κ3) is 3.42. The van der Waals surface area contributed by atoms with Crippen LogP contribution < -0.4 is 16.0 Å². The number of H-pyrrole nitrogens is 1. The molecule has 1 aromatic carbocycles. The van der Waals surface area contributed by atoms with Crippen molar-refractivity contribution in [3.05, 3.63) is 61.6 Å². The van der Waals surface area contributed by atoms with Gasteiger partial charge in [-0.1, -0.05) is 23.7 Å². The van der Waals surface area contributed by atoms with Gasteiger partial charge < -0.3 is 4.57 Å². The van der Waals surface area contributed by atoms with E-state index >= 15 is 0 Å². The molecule has 0 atom stereocenters. The standard InChI is InChI=1S/C14H15ClFN3O4S/c1-14(2,8-5-4-6-9(15)11(8)16)18-24(22,23)10-7-19(3)13(21)17-12(10)20/h4-7,18H,1-3H3,(H,17,20,21). The molecule has 2 rings (SSSR count). The van der Waals surface area contributed by atoms with Crippen LogP contribution in [0.15, 0.2) is 38.9 Å². The Kier molecular flexibility index (Phi) is 4.71. The third-order valence-electron chi connectivity index (χ3n) is 3.38. The molecule has 0 fully saturated rings. The number of sulfonamides is 1. The van der Waals surface area contributed by atoms with Crippen molar-refractivity contribution in [2.75, 3.05) is 0 Å². The first-order valence-electron chi connectivity index (χ1n) is 6.74. The molecule has 0 radical (unpaired) electrons. The van der Waals surface area contributed by atoms with Crippen LogP contribution >= 0.6 is 11.6 Å². The number of hydrogen-bond acceptors (Lipinski definition) is 4. The molecule has 0 bridgehead atoms. The van der Waals surface area contributed by atoms with Crippen LogP contribution in [0.3, 0.4) is 0 Å². The minimum atomic E-state index is -4.33. The van der Waals surface area contributed by atoms with Gasteiger partial charge in [0.25, 0.3) is 5.56 Å². The molecule has 0 aliphatic rings. The number of hydrogen-bond donors (Lipinski definition) is 2. The lowest BCUT2D eigenvalue weighted by atomic mass is 9.95. The van der Waals surface area contributed by atoms with Crippen LogP contribution in [0, 0.1) is 5.82 Å². The number of aryl methyl sites for hydroxylation is 1. The molecule has 0 saturated carbocycles. The molecule has 10 heteroatoms. The van der Waals surface area contributed by atoms with Crippen molar-refractivity contribution >= 4 is 21.6 Å². The van der Waals surface area contributed by atoms with Gasteiger partial charge >= 0.3 is 5.69 Å². The van der Waals surface area contributed by atoms with E-state index in [0.29, 0.717) is 0 Å². The Bertz CT molecular complexity index is 1010. The van der Waals surface area contributed by atoms with Gasteiger partial charge in [0.2, 0.25) is 10.0 Å². The van der Waals surface area contributed by atoms with Crippen LogP contribution in [0.5, 0.6) is 0 Å².